The van der Waals surface area contributed by atoms with Crippen LogP contribution in [-0.2, 0) is 6.54 Å². The zero-order chi connectivity index (χ0) is 17.6. The number of benzene rings is 1. The van der Waals surface area contributed by atoms with Crippen LogP contribution in [0, 0.1) is 5.92 Å². The molecule has 3 rings (SSSR count). The summed E-state index contributed by atoms with van der Waals surface area (Å²) in [6.45, 7) is 8.94. The summed E-state index contributed by atoms with van der Waals surface area (Å²) in [7, 11) is 1.81. The molecule has 0 aliphatic carbocycles. The van der Waals surface area contributed by atoms with Gasteiger partial charge in [-0.15, -0.1) is 24.0 Å². The number of halogens is 1. The average Bonchev–Trinajstić information content (AvgIpc) is 3.10. The topological polar surface area (TPSA) is 58.1 Å². The average molecular weight is 474 g/mol. The number of aliphatic imine (C=N–C) groups is 1. The Labute approximate surface area is 173 Å². The molecule has 0 saturated carbocycles. The van der Waals surface area contributed by atoms with Gasteiger partial charge in [0.1, 0.15) is 0 Å². The number of guanidine groups is 1. The Morgan fingerprint density at radius 3 is 2.69 bits per heavy atom. The maximum Gasteiger partial charge on any atom is 0.231 e. The molecule has 1 unspecified atom stereocenters. The second-order valence-electron chi connectivity index (χ2n) is 7.06. The van der Waals surface area contributed by atoms with Crippen molar-refractivity contribution in [2.45, 2.75) is 39.3 Å². The van der Waals surface area contributed by atoms with Crippen LogP contribution in [-0.4, -0.2) is 50.4 Å². The molecule has 2 aliphatic heterocycles. The van der Waals surface area contributed by atoms with Crippen molar-refractivity contribution >= 4 is 29.9 Å². The molecule has 2 heterocycles. The summed E-state index contributed by atoms with van der Waals surface area (Å²) in [6.07, 6.45) is 2.61. The molecular formula is C19H31IN4O2. The monoisotopic (exact) mass is 474 g/mol. The first-order chi connectivity index (χ1) is 12.2. The molecular weight excluding hydrogens is 443 g/mol. The van der Waals surface area contributed by atoms with Crippen molar-refractivity contribution < 1.29 is 9.47 Å². The third-order valence-corrected chi connectivity index (χ3v) is 5.13. The van der Waals surface area contributed by atoms with Gasteiger partial charge >= 0.3 is 0 Å². The van der Waals surface area contributed by atoms with Crippen molar-refractivity contribution in [2.24, 2.45) is 10.9 Å². The van der Waals surface area contributed by atoms with E-state index in [4.69, 9.17) is 9.47 Å². The largest absolute Gasteiger partial charge is 0.454 e. The zero-order valence-corrected chi connectivity index (χ0v) is 18.3. The third-order valence-electron chi connectivity index (χ3n) is 5.13. The van der Waals surface area contributed by atoms with Crippen LogP contribution in [0.15, 0.2) is 23.2 Å². The highest BCUT2D eigenvalue weighted by Crippen LogP contribution is 2.32. The Balaban J connectivity index is 0.00000243. The predicted molar refractivity (Wildman–Crippen MR) is 116 cm³/mol. The molecule has 146 valence electrons. The van der Waals surface area contributed by atoms with Gasteiger partial charge in [-0.2, -0.15) is 0 Å². The molecule has 2 aliphatic rings. The van der Waals surface area contributed by atoms with Crippen LogP contribution in [0.5, 0.6) is 11.5 Å². The quantitative estimate of drug-likeness (QED) is 0.391. The maximum absolute atomic E-state index is 5.42. The van der Waals surface area contributed by atoms with E-state index in [2.05, 4.69) is 34.4 Å². The van der Waals surface area contributed by atoms with Gasteiger partial charge in [-0.3, -0.25) is 9.89 Å². The zero-order valence-electron chi connectivity index (χ0n) is 16.0. The standard InChI is InChI=1S/C19H30N4O2.HI/c1-14-6-8-23(9-7-14)15(2)11-21-19(20-3)22-12-16-4-5-17-18(10-16)25-13-24-17;/h4-5,10,14-15H,6-9,11-13H2,1-3H3,(H2,20,21,22);1H. The first kappa shape index (κ1) is 21.1. The Morgan fingerprint density at radius 1 is 1.23 bits per heavy atom. The van der Waals surface area contributed by atoms with Gasteiger partial charge < -0.3 is 20.1 Å². The van der Waals surface area contributed by atoms with Crippen molar-refractivity contribution in [1.29, 1.82) is 0 Å². The number of hydrogen-bond donors (Lipinski definition) is 2. The molecule has 26 heavy (non-hydrogen) atoms. The number of hydrogen-bond acceptors (Lipinski definition) is 4. The van der Waals surface area contributed by atoms with Crippen LogP contribution >= 0.6 is 24.0 Å². The molecule has 0 aromatic heterocycles. The molecule has 1 saturated heterocycles. The number of fused-ring (bicyclic) bond motifs is 1. The van der Waals surface area contributed by atoms with Crippen LogP contribution in [0.4, 0.5) is 0 Å². The molecule has 1 atom stereocenters. The van der Waals surface area contributed by atoms with Gasteiger partial charge in [-0.25, -0.2) is 0 Å². The molecule has 2 N–H and O–H groups in total. The molecule has 6 nitrogen and oxygen atoms in total. The molecule has 0 radical (unpaired) electrons. The third kappa shape index (κ3) is 5.64. The van der Waals surface area contributed by atoms with Gasteiger partial charge in [-0.05, 0) is 56.5 Å². The normalized spacial score (nSPS) is 19.0. The van der Waals surface area contributed by atoms with E-state index in [1.165, 1.54) is 25.9 Å². The molecule has 1 fully saturated rings. The van der Waals surface area contributed by atoms with Gasteiger partial charge in [-0.1, -0.05) is 13.0 Å². The van der Waals surface area contributed by atoms with E-state index in [9.17, 15) is 0 Å². The number of rotatable bonds is 5. The number of piperidine rings is 1. The molecule has 0 amide bonds. The van der Waals surface area contributed by atoms with Gasteiger partial charge in [0.25, 0.3) is 0 Å². The van der Waals surface area contributed by atoms with E-state index in [1.807, 2.05) is 25.2 Å². The molecule has 1 aromatic rings. The Morgan fingerprint density at radius 2 is 1.96 bits per heavy atom. The van der Waals surface area contributed by atoms with Crippen LogP contribution in [0.3, 0.4) is 0 Å². The van der Waals surface area contributed by atoms with E-state index >= 15 is 0 Å². The summed E-state index contributed by atoms with van der Waals surface area (Å²) < 4.78 is 10.8. The summed E-state index contributed by atoms with van der Waals surface area (Å²) in [5, 5.41) is 6.81. The van der Waals surface area contributed by atoms with Crippen LogP contribution in [0.1, 0.15) is 32.3 Å². The molecule has 7 heteroatoms. The summed E-state index contributed by atoms with van der Waals surface area (Å²) in [6, 6.07) is 6.53. The smallest absolute Gasteiger partial charge is 0.231 e. The van der Waals surface area contributed by atoms with Crippen LogP contribution in [0.2, 0.25) is 0 Å². The second-order valence-corrected chi connectivity index (χ2v) is 7.06. The lowest BCUT2D eigenvalue weighted by Gasteiger charge is -2.35. The van der Waals surface area contributed by atoms with Crippen molar-refractivity contribution in [3.05, 3.63) is 23.8 Å². The molecule has 0 spiro atoms. The summed E-state index contributed by atoms with van der Waals surface area (Å²) in [5.74, 6) is 3.33. The minimum absolute atomic E-state index is 0. The Kier molecular flexibility index (Phi) is 8.27. The van der Waals surface area contributed by atoms with Crippen molar-refractivity contribution in [3.63, 3.8) is 0 Å². The lowest BCUT2D eigenvalue weighted by molar-refractivity contribution is 0.147. The fraction of sp³-hybridized carbons (Fsp3) is 0.632. The SMILES string of the molecule is CN=C(NCc1ccc2c(c1)OCO2)NCC(C)N1CCC(C)CC1.I. The highest BCUT2D eigenvalue weighted by molar-refractivity contribution is 14.0. The predicted octanol–water partition coefficient (Wildman–Crippen LogP) is 2.82. The number of nitrogens with zero attached hydrogens (tertiary/aromatic N) is 2. The van der Waals surface area contributed by atoms with Gasteiger partial charge in [0.2, 0.25) is 6.79 Å². The van der Waals surface area contributed by atoms with E-state index in [1.54, 1.807) is 0 Å². The van der Waals surface area contributed by atoms with E-state index < -0.39 is 0 Å². The van der Waals surface area contributed by atoms with E-state index in [0.717, 1.165) is 35.5 Å². The summed E-state index contributed by atoms with van der Waals surface area (Å²) in [4.78, 5) is 6.89. The fourth-order valence-electron chi connectivity index (χ4n) is 3.30. The number of likely N-dealkylation sites (tertiary alicyclic amines) is 1. The lowest BCUT2D eigenvalue weighted by Crippen LogP contribution is -2.47. The van der Waals surface area contributed by atoms with Crippen molar-refractivity contribution in [2.75, 3.05) is 33.5 Å². The minimum atomic E-state index is 0. The van der Waals surface area contributed by atoms with Crippen LogP contribution in [0.25, 0.3) is 0 Å². The maximum atomic E-state index is 5.42. The van der Waals surface area contributed by atoms with Crippen LogP contribution < -0.4 is 20.1 Å². The number of nitrogens with one attached hydrogen (secondary N) is 2. The van der Waals surface area contributed by atoms with Gasteiger partial charge in [0, 0.05) is 26.2 Å². The Bertz CT molecular complexity index is 603. The van der Waals surface area contributed by atoms with Crippen molar-refractivity contribution in [1.82, 2.24) is 15.5 Å². The van der Waals surface area contributed by atoms with Gasteiger partial charge in [0.15, 0.2) is 17.5 Å². The Hall–Kier alpha value is -1.22. The minimum Gasteiger partial charge on any atom is -0.454 e. The first-order valence-corrected chi connectivity index (χ1v) is 9.23. The van der Waals surface area contributed by atoms with Crippen molar-refractivity contribution in [3.8, 4) is 11.5 Å². The molecule has 0 bridgehead atoms. The highest BCUT2D eigenvalue weighted by atomic mass is 127. The summed E-state index contributed by atoms with van der Waals surface area (Å²) in [5.41, 5.74) is 1.14. The van der Waals surface area contributed by atoms with E-state index in [-0.39, 0.29) is 24.0 Å². The highest BCUT2D eigenvalue weighted by Gasteiger charge is 2.20. The number of ether oxygens (including phenoxy) is 2. The lowest BCUT2D eigenvalue weighted by atomic mass is 9.98. The fourth-order valence-corrected chi connectivity index (χ4v) is 3.30. The second kappa shape index (κ2) is 10.2. The summed E-state index contributed by atoms with van der Waals surface area (Å²) >= 11 is 0. The molecule has 1 aromatic carbocycles. The first-order valence-electron chi connectivity index (χ1n) is 9.23. The van der Waals surface area contributed by atoms with Gasteiger partial charge in [0.05, 0.1) is 0 Å². The van der Waals surface area contributed by atoms with E-state index in [0.29, 0.717) is 19.4 Å².